The summed E-state index contributed by atoms with van der Waals surface area (Å²) in [5.74, 6) is 0.956. The maximum Gasteiger partial charge on any atom is 0.241 e. The standard InChI is InChI=1S/C18H26N2O/c1-4-5-6-15-18(21)20(16-11-13(16)3)17(19-15)14-9-7-12(2)8-10-14/h7-10,13,15-17,19H,4-6,11H2,1-3H3. The SMILES string of the molecule is CCCCC1NC(c2ccc(C)cc2)N(C2CC2C)C1=O. The third kappa shape index (κ3) is 2.84. The molecular weight excluding hydrogens is 260 g/mol. The molecule has 114 valence electrons. The Bertz CT molecular complexity index is 510. The molecule has 1 N–H and O–H groups in total. The first-order valence-corrected chi connectivity index (χ1v) is 8.26. The number of nitrogens with zero attached hydrogens (tertiary/aromatic N) is 1. The van der Waals surface area contributed by atoms with Gasteiger partial charge in [-0.2, -0.15) is 0 Å². The Kier molecular flexibility index (Phi) is 4.03. The Morgan fingerprint density at radius 1 is 1.29 bits per heavy atom. The van der Waals surface area contributed by atoms with Crippen LogP contribution in [-0.4, -0.2) is 22.9 Å². The maximum atomic E-state index is 12.8. The number of amides is 1. The van der Waals surface area contributed by atoms with Gasteiger partial charge in [-0.3, -0.25) is 10.1 Å². The average molecular weight is 286 g/mol. The number of hydrogen-bond acceptors (Lipinski definition) is 2. The zero-order chi connectivity index (χ0) is 15.0. The highest BCUT2D eigenvalue weighted by molar-refractivity contribution is 5.85. The molecular formula is C18H26N2O. The van der Waals surface area contributed by atoms with Crippen molar-refractivity contribution in [3.05, 3.63) is 35.4 Å². The van der Waals surface area contributed by atoms with Crippen molar-refractivity contribution in [3.8, 4) is 0 Å². The van der Waals surface area contributed by atoms with Gasteiger partial charge in [0.1, 0.15) is 6.17 Å². The number of carbonyl (C=O) groups excluding carboxylic acids is 1. The molecule has 21 heavy (non-hydrogen) atoms. The van der Waals surface area contributed by atoms with Crippen molar-refractivity contribution >= 4 is 5.91 Å². The minimum Gasteiger partial charge on any atom is -0.318 e. The molecule has 3 nitrogen and oxygen atoms in total. The molecule has 0 aromatic heterocycles. The van der Waals surface area contributed by atoms with Crippen LogP contribution in [0.4, 0.5) is 0 Å². The molecule has 1 saturated heterocycles. The number of nitrogens with one attached hydrogen (secondary N) is 1. The molecule has 4 unspecified atom stereocenters. The van der Waals surface area contributed by atoms with Gasteiger partial charge in [0.25, 0.3) is 0 Å². The molecule has 3 heteroatoms. The lowest BCUT2D eigenvalue weighted by Crippen LogP contribution is -2.33. The fraction of sp³-hybridized carbons (Fsp3) is 0.611. The summed E-state index contributed by atoms with van der Waals surface area (Å²) in [5.41, 5.74) is 2.48. The first-order valence-electron chi connectivity index (χ1n) is 8.26. The first-order chi connectivity index (χ1) is 10.1. The van der Waals surface area contributed by atoms with Gasteiger partial charge >= 0.3 is 0 Å². The van der Waals surface area contributed by atoms with Gasteiger partial charge in [-0.1, -0.05) is 56.5 Å². The molecule has 0 bridgehead atoms. The quantitative estimate of drug-likeness (QED) is 0.900. The van der Waals surface area contributed by atoms with Gasteiger partial charge in [0.2, 0.25) is 5.91 Å². The summed E-state index contributed by atoms with van der Waals surface area (Å²) in [5, 5.41) is 3.58. The van der Waals surface area contributed by atoms with Gasteiger partial charge in [0, 0.05) is 6.04 Å². The summed E-state index contributed by atoms with van der Waals surface area (Å²) >= 11 is 0. The normalized spacial score (nSPS) is 31.8. The molecule has 4 atom stereocenters. The second-order valence-electron chi connectivity index (χ2n) is 6.70. The zero-order valence-electron chi connectivity index (χ0n) is 13.3. The van der Waals surface area contributed by atoms with E-state index < -0.39 is 0 Å². The van der Waals surface area contributed by atoms with E-state index in [-0.39, 0.29) is 12.2 Å². The van der Waals surface area contributed by atoms with E-state index in [1.807, 2.05) is 0 Å². The van der Waals surface area contributed by atoms with Crippen molar-refractivity contribution in [3.63, 3.8) is 0 Å². The van der Waals surface area contributed by atoms with Crippen molar-refractivity contribution in [2.45, 2.75) is 64.7 Å². The lowest BCUT2D eigenvalue weighted by molar-refractivity contribution is -0.131. The van der Waals surface area contributed by atoms with Crippen LogP contribution >= 0.6 is 0 Å². The van der Waals surface area contributed by atoms with Gasteiger partial charge in [0.05, 0.1) is 6.04 Å². The van der Waals surface area contributed by atoms with Crippen molar-refractivity contribution in [2.24, 2.45) is 5.92 Å². The predicted molar refractivity (Wildman–Crippen MR) is 84.8 cm³/mol. The highest BCUT2D eigenvalue weighted by Gasteiger charge is 2.49. The van der Waals surface area contributed by atoms with Gasteiger partial charge in [0.15, 0.2) is 0 Å². The van der Waals surface area contributed by atoms with E-state index in [0.29, 0.717) is 17.9 Å². The Morgan fingerprint density at radius 3 is 2.52 bits per heavy atom. The fourth-order valence-corrected chi connectivity index (χ4v) is 3.31. The Hall–Kier alpha value is -1.35. The molecule has 1 aliphatic carbocycles. The highest BCUT2D eigenvalue weighted by Crippen LogP contribution is 2.42. The van der Waals surface area contributed by atoms with E-state index in [2.05, 4.69) is 55.3 Å². The van der Waals surface area contributed by atoms with E-state index in [1.165, 1.54) is 11.1 Å². The molecule has 2 fully saturated rings. The minimum absolute atomic E-state index is 0.00375. The van der Waals surface area contributed by atoms with Crippen LogP contribution in [0, 0.1) is 12.8 Å². The predicted octanol–water partition coefficient (Wildman–Crippen LogP) is 3.39. The lowest BCUT2D eigenvalue weighted by atomic mass is 10.1. The van der Waals surface area contributed by atoms with Crippen LogP contribution in [0.2, 0.25) is 0 Å². The molecule has 1 aliphatic heterocycles. The Morgan fingerprint density at radius 2 is 1.95 bits per heavy atom. The van der Waals surface area contributed by atoms with Gasteiger partial charge < -0.3 is 4.90 Å². The number of unbranched alkanes of at least 4 members (excludes halogenated alkanes) is 1. The van der Waals surface area contributed by atoms with E-state index in [9.17, 15) is 4.79 Å². The summed E-state index contributed by atoms with van der Waals surface area (Å²) < 4.78 is 0. The molecule has 0 spiro atoms. The van der Waals surface area contributed by atoms with Crippen molar-refractivity contribution in [1.29, 1.82) is 0 Å². The number of benzene rings is 1. The van der Waals surface area contributed by atoms with Gasteiger partial charge in [-0.25, -0.2) is 0 Å². The van der Waals surface area contributed by atoms with Crippen LogP contribution in [0.3, 0.4) is 0 Å². The smallest absolute Gasteiger partial charge is 0.241 e. The maximum absolute atomic E-state index is 12.8. The topological polar surface area (TPSA) is 32.3 Å². The van der Waals surface area contributed by atoms with Crippen LogP contribution in [0.5, 0.6) is 0 Å². The fourth-order valence-electron chi connectivity index (χ4n) is 3.31. The van der Waals surface area contributed by atoms with Gasteiger partial charge in [-0.05, 0) is 31.2 Å². The summed E-state index contributed by atoms with van der Waals surface area (Å²) in [6.07, 6.45) is 4.42. The molecule has 1 saturated carbocycles. The summed E-state index contributed by atoms with van der Waals surface area (Å²) in [6.45, 7) is 6.52. The third-order valence-corrected chi connectivity index (χ3v) is 4.85. The number of aryl methyl sites for hydroxylation is 1. The second kappa shape index (κ2) is 5.80. The van der Waals surface area contributed by atoms with Crippen LogP contribution in [0.25, 0.3) is 0 Å². The Labute approximate surface area is 127 Å². The molecule has 0 radical (unpaired) electrons. The van der Waals surface area contributed by atoms with Crippen molar-refractivity contribution in [1.82, 2.24) is 10.2 Å². The molecule has 1 amide bonds. The number of carbonyl (C=O) groups is 1. The van der Waals surface area contributed by atoms with Crippen molar-refractivity contribution < 1.29 is 4.79 Å². The van der Waals surface area contributed by atoms with Crippen LogP contribution in [-0.2, 0) is 4.79 Å². The third-order valence-electron chi connectivity index (χ3n) is 4.85. The highest BCUT2D eigenvalue weighted by atomic mass is 16.2. The van der Waals surface area contributed by atoms with Gasteiger partial charge in [-0.15, -0.1) is 0 Å². The summed E-state index contributed by atoms with van der Waals surface area (Å²) in [6, 6.07) is 9.02. The molecule has 2 aliphatic rings. The lowest BCUT2D eigenvalue weighted by Gasteiger charge is -2.25. The summed E-state index contributed by atoms with van der Waals surface area (Å²) in [7, 11) is 0. The molecule has 1 aromatic rings. The van der Waals surface area contributed by atoms with Crippen LogP contribution in [0.1, 0.15) is 56.8 Å². The molecule has 1 heterocycles. The number of hydrogen-bond donors (Lipinski definition) is 1. The summed E-state index contributed by atoms with van der Waals surface area (Å²) in [4.78, 5) is 14.9. The van der Waals surface area contributed by atoms with E-state index in [0.717, 1.165) is 25.7 Å². The monoisotopic (exact) mass is 286 g/mol. The average Bonchev–Trinajstić information content (AvgIpc) is 3.09. The largest absolute Gasteiger partial charge is 0.318 e. The van der Waals surface area contributed by atoms with Crippen LogP contribution < -0.4 is 5.32 Å². The first kappa shape index (κ1) is 14.6. The molecule has 1 aromatic carbocycles. The van der Waals surface area contributed by atoms with E-state index in [1.54, 1.807) is 0 Å². The second-order valence-corrected chi connectivity index (χ2v) is 6.70. The zero-order valence-corrected chi connectivity index (χ0v) is 13.3. The molecule has 3 rings (SSSR count). The van der Waals surface area contributed by atoms with E-state index >= 15 is 0 Å². The Balaban J connectivity index is 1.82. The number of rotatable bonds is 5. The van der Waals surface area contributed by atoms with Crippen LogP contribution in [0.15, 0.2) is 24.3 Å². The minimum atomic E-state index is 0.00375. The van der Waals surface area contributed by atoms with E-state index in [4.69, 9.17) is 0 Å². The van der Waals surface area contributed by atoms with Crippen molar-refractivity contribution in [2.75, 3.05) is 0 Å².